The maximum Gasteiger partial charge on any atom is 0.253 e. The minimum absolute atomic E-state index is 0.0787. The number of hydrogen-bond acceptors (Lipinski definition) is 4. The van der Waals surface area contributed by atoms with E-state index < -0.39 is 0 Å². The van der Waals surface area contributed by atoms with Crippen LogP contribution in [0, 0.1) is 0 Å². The fourth-order valence-electron chi connectivity index (χ4n) is 3.50. The lowest BCUT2D eigenvalue weighted by Crippen LogP contribution is -2.38. The molecule has 0 spiro atoms. The van der Waals surface area contributed by atoms with Crippen LogP contribution in [0.3, 0.4) is 0 Å². The van der Waals surface area contributed by atoms with E-state index in [-0.39, 0.29) is 12.0 Å². The van der Waals surface area contributed by atoms with Crippen molar-refractivity contribution >= 4 is 17.6 Å². The molecule has 2 aromatic carbocycles. The van der Waals surface area contributed by atoms with Crippen molar-refractivity contribution in [3.05, 3.63) is 59.7 Å². The number of para-hydroxylation sites is 1. The van der Waals surface area contributed by atoms with Gasteiger partial charge in [0.1, 0.15) is 11.9 Å². The van der Waals surface area contributed by atoms with Crippen LogP contribution >= 0.6 is 0 Å². The van der Waals surface area contributed by atoms with E-state index in [4.69, 9.17) is 9.47 Å². The molecule has 1 fully saturated rings. The molecular weight excluding hydrogens is 380 g/mol. The number of aliphatic imine (C=N–C) groups is 1. The SMILES string of the molecule is CN=C(NCc1cccc(NC(=O)C2CCCO2)c1)N(C)Cc1ccccc1OC. The Kier molecular flexibility index (Phi) is 7.68. The van der Waals surface area contributed by atoms with Crippen molar-refractivity contribution in [3.63, 3.8) is 0 Å². The maximum atomic E-state index is 12.3. The monoisotopic (exact) mass is 410 g/mol. The molecule has 1 aliphatic heterocycles. The summed E-state index contributed by atoms with van der Waals surface area (Å²) in [5, 5.41) is 6.32. The van der Waals surface area contributed by atoms with Crippen molar-refractivity contribution in [3.8, 4) is 5.75 Å². The molecule has 0 radical (unpaired) electrons. The van der Waals surface area contributed by atoms with Gasteiger partial charge in [0, 0.05) is 45.0 Å². The molecule has 1 amide bonds. The van der Waals surface area contributed by atoms with Gasteiger partial charge in [-0.25, -0.2) is 0 Å². The number of amides is 1. The predicted octanol–water partition coefficient (Wildman–Crippen LogP) is 3.02. The summed E-state index contributed by atoms with van der Waals surface area (Å²) in [6, 6.07) is 15.8. The highest BCUT2D eigenvalue weighted by molar-refractivity contribution is 5.94. The number of benzene rings is 2. The smallest absolute Gasteiger partial charge is 0.253 e. The first-order chi connectivity index (χ1) is 14.6. The van der Waals surface area contributed by atoms with Crippen molar-refractivity contribution in [2.75, 3.05) is 33.1 Å². The number of carbonyl (C=O) groups excluding carboxylic acids is 1. The Hall–Kier alpha value is -3.06. The fourth-order valence-corrected chi connectivity index (χ4v) is 3.50. The molecular formula is C23H30N4O3. The van der Waals surface area contributed by atoms with Gasteiger partial charge in [0.2, 0.25) is 0 Å². The molecule has 7 nitrogen and oxygen atoms in total. The van der Waals surface area contributed by atoms with Crippen molar-refractivity contribution in [2.45, 2.75) is 32.0 Å². The summed E-state index contributed by atoms with van der Waals surface area (Å²) in [7, 11) is 5.43. The lowest BCUT2D eigenvalue weighted by molar-refractivity contribution is -0.124. The molecule has 1 saturated heterocycles. The van der Waals surface area contributed by atoms with Crippen LogP contribution < -0.4 is 15.4 Å². The second kappa shape index (κ2) is 10.6. The number of carbonyl (C=O) groups is 1. The van der Waals surface area contributed by atoms with Gasteiger partial charge in [0.05, 0.1) is 7.11 Å². The van der Waals surface area contributed by atoms with Gasteiger partial charge < -0.3 is 25.0 Å². The number of hydrogen-bond donors (Lipinski definition) is 2. The van der Waals surface area contributed by atoms with Gasteiger partial charge in [-0.15, -0.1) is 0 Å². The van der Waals surface area contributed by atoms with Crippen molar-refractivity contribution in [2.24, 2.45) is 4.99 Å². The van der Waals surface area contributed by atoms with Gasteiger partial charge in [-0.05, 0) is 36.6 Å². The molecule has 30 heavy (non-hydrogen) atoms. The number of nitrogens with one attached hydrogen (secondary N) is 2. The van der Waals surface area contributed by atoms with Crippen LogP contribution in [0.5, 0.6) is 5.75 Å². The number of ether oxygens (including phenoxy) is 2. The molecule has 2 aromatic rings. The highest BCUT2D eigenvalue weighted by Gasteiger charge is 2.23. The first-order valence-electron chi connectivity index (χ1n) is 10.2. The zero-order valence-electron chi connectivity index (χ0n) is 17.9. The third-order valence-electron chi connectivity index (χ3n) is 5.04. The van der Waals surface area contributed by atoms with Gasteiger partial charge in [0.25, 0.3) is 5.91 Å². The van der Waals surface area contributed by atoms with E-state index in [1.165, 1.54) is 0 Å². The number of methoxy groups -OCH3 is 1. The molecule has 3 rings (SSSR count). The van der Waals surface area contributed by atoms with Gasteiger partial charge in [0.15, 0.2) is 5.96 Å². The van der Waals surface area contributed by atoms with Crippen molar-refractivity contribution in [1.82, 2.24) is 10.2 Å². The molecule has 0 saturated carbocycles. The summed E-state index contributed by atoms with van der Waals surface area (Å²) >= 11 is 0. The molecule has 0 aliphatic carbocycles. The normalized spacial score (nSPS) is 16.2. The quantitative estimate of drug-likeness (QED) is 0.542. The molecule has 0 aromatic heterocycles. The lowest BCUT2D eigenvalue weighted by atomic mass is 10.2. The van der Waals surface area contributed by atoms with E-state index in [1.807, 2.05) is 60.5 Å². The van der Waals surface area contributed by atoms with Crippen LogP contribution in [0.1, 0.15) is 24.0 Å². The van der Waals surface area contributed by atoms with Gasteiger partial charge in [-0.2, -0.15) is 0 Å². The number of rotatable bonds is 7. The molecule has 7 heteroatoms. The Morgan fingerprint density at radius 3 is 2.83 bits per heavy atom. The zero-order chi connectivity index (χ0) is 21.3. The summed E-state index contributed by atoms with van der Waals surface area (Å²) < 4.78 is 10.9. The number of nitrogens with zero attached hydrogens (tertiary/aromatic N) is 2. The molecule has 160 valence electrons. The molecule has 1 unspecified atom stereocenters. The third-order valence-corrected chi connectivity index (χ3v) is 5.04. The summed E-state index contributed by atoms with van der Waals surface area (Å²) in [4.78, 5) is 18.7. The second-order valence-electron chi connectivity index (χ2n) is 7.26. The topological polar surface area (TPSA) is 75.2 Å². The van der Waals surface area contributed by atoms with E-state index in [9.17, 15) is 4.79 Å². The van der Waals surface area contributed by atoms with E-state index in [1.54, 1.807) is 14.2 Å². The van der Waals surface area contributed by atoms with E-state index in [2.05, 4.69) is 15.6 Å². The Balaban J connectivity index is 1.57. The molecule has 0 bridgehead atoms. The average molecular weight is 411 g/mol. The first-order valence-corrected chi connectivity index (χ1v) is 10.2. The molecule has 1 atom stereocenters. The molecule has 1 heterocycles. The van der Waals surface area contributed by atoms with Crippen LogP contribution in [-0.4, -0.2) is 50.7 Å². The van der Waals surface area contributed by atoms with Crippen LogP contribution in [0.2, 0.25) is 0 Å². The van der Waals surface area contributed by atoms with E-state index in [0.29, 0.717) is 19.7 Å². The van der Waals surface area contributed by atoms with E-state index in [0.717, 1.165) is 41.4 Å². The van der Waals surface area contributed by atoms with Crippen molar-refractivity contribution in [1.29, 1.82) is 0 Å². The van der Waals surface area contributed by atoms with Crippen molar-refractivity contribution < 1.29 is 14.3 Å². The third kappa shape index (κ3) is 5.73. The standard InChI is InChI=1S/C23H30N4O3/c1-24-23(27(2)16-18-9-4-5-11-20(18)29-3)25-15-17-8-6-10-19(14-17)26-22(28)21-12-7-13-30-21/h4-6,8-11,14,21H,7,12-13,15-16H2,1-3H3,(H,24,25)(H,26,28). The number of anilines is 1. The maximum absolute atomic E-state index is 12.3. The Morgan fingerprint density at radius 1 is 1.27 bits per heavy atom. The van der Waals surface area contributed by atoms with Crippen LogP contribution in [0.15, 0.2) is 53.5 Å². The summed E-state index contributed by atoms with van der Waals surface area (Å²) in [5.74, 6) is 1.55. The Bertz CT molecular complexity index is 878. The minimum atomic E-state index is -0.339. The first kappa shape index (κ1) is 21.6. The average Bonchev–Trinajstić information content (AvgIpc) is 3.30. The lowest BCUT2D eigenvalue weighted by Gasteiger charge is -2.23. The van der Waals surface area contributed by atoms with Gasteiger partial charge in [-0.3, -0.25) is 9.79 Å². The number of guanidine groups is 1. The predicted molar refractivity (Wildman–Crippen MR) is 119 cm³/mol. The highest BCUT2D eigenvalue weighted by atomic mass is 16.5. The van der Waals surface area contributed by atoms with Crippen LogP contribution in [0.25, 0.3) is 0 Å². The molecule has 2 N–H and O–H groups in total. The van der Waals surface area contributed by atoms with E-state index >= 15 is 0 Å². The second-order valence-corrected chi connectivity index (χ2v) is 7.26. The summed E-state index contributed by atoms with van der Waals surface area (Å²) in [6.07, 6.45) is 1.38. The minimum Gasteiger partial charge on any atom is -0.496 e. The van der Waals surface area contributed by atoms with Crippen LogP contribution in [0.4, 0.5) is 5.69 Å². The molecule has 1 aliphatic rings. The van der Waals surface area contributed by atoms with Crippen LogP contribution in [-0.2, 0) is 22.6 Å². The Morgan fingerprint density at radius 2 is 2.10 bits per heavy atom. The highest BCUT2D eigenvalue weighted by Crippen LogP contribution is 2.19. The summed E-state index contributed by atoms with van der Waals surface area (Å²) in [6.45, 7) is 1.91. The zero-order valence-corrected chi connectivity index (χ0v) is 17.9. The summed E-state index contributed by atoms with van der Waals surface area (Å²) in [5.41, 5.74) is 2.91. The Labute approximate surface area is 178 Å². The van der Waals surface area contributed by atoms with Gasteiger partial charge in [-0.1, -0.05) is 30.3 Å². The largest absolute Gasteiger partial charge is 0.496 e. The van der Waals surface area contributed by atoms with Gasteiger partial charge >= 0.3 is 0 Å². The fraction of sp³-hybridized carbons (Fsp3) is 0.391.